The molecular formula is C26H24N2O5. The zero-order valence-corrected chi connectivity index (χ0v) is 18.1. The van der Waals surface area contributed by atoms with Gasteiger partial charge in [0.05, 0.1) is 11.3 Å². The number of hydrogen-bond donors (Lipinski definition) is 3. The lowest BCUT2D eigenvalue weighted by Gasteiger charge is -2.19. The van der Waals surface area contributed by atoms with Crippen LogP contribution >= 0.6 is 0 Å². The Bertz CT molecular complexity index is 1160. The third-order valence-corrected chi connectivity index (χ3v) is 5.78. The van der Waals surface area contributed by atoms with Crippen molar-refractivity contribution in [3.8, 4) is 11.1 Å². The van der Waals surface area contributed by atoms with Gasteiger partial charge in [-0.15, -0.1) is 0 Å². The SMILES string of the molecule is CC[C@@H](NC(=O)OCC1c2ccccc2-c2ccccc21)C(=O)Nc1ccccc1C(=O)O. The Morgan fingerprint density at radius 1 is 0.909 bits per heavy atom. The molecule has 0 spiro atoms. The number of carbonyl (C=O) groups excluding carboxylic acids is 2. The molecule has 0 saturated carbocycles. The van der Waals surface area contributed by atoms with Gasteiger partial charge in [-0.1, -0.05) is 67.6 Å². The highest BCUT2D eigenvalue weighted by atomic mass is 16.5. The van der Waals surface area contributed by atoms with Crippen LogP contribution in [-0.4, -0.2) is 35.7 Å². The number of para-hydroxylation sites is 1. The van der Waals surface area contributed by atoms with Gasteiger partial charge in [0.25, 0.3) is 0 Å². The van der Waals surface area contributed by atoms with Gasteiger partial charge in [-0.2, -0.15) is 0 Å². The van der Waals surface area contributed by atoms with Crippen LogP contribution in [0.15, 0.2) is 72.8 Å². The Labute approximate surface area is 191 Å². The molecule has 1 aliphatic rings. The second kappa shape index (κ2) is 9.56. The van der Waals surface area contributed by atoms with E-state index in [-0.39, 0.29) is 23.8 Å². The molecule has 3 aromatic rings. The van der Waals surface area contributed by atoms with Gasteiger partial charge in [0, 0.05) is 5.92 Å². The fourth-order valence-corrected chi connectivity index (χ4v) is 4.13. The number of carboxylic acids is 1. The van der Waals surface area contributed by atoms with Crippen molar-refractivity contribution in [1.29, 1.82) is 0 Å². The number of benzene rings is 3. The lowest BCUT2D eigenvalue weighted by molar-refractivity contribution is -0.118. The number of carboxylic acid groups (broad SMARTS) is 1. The van der Waals surface area contributed by atoms with Crippen LogP contribution in [0.5, 0.6) is 0 Å². The van der Waals surface area contributed by atoms with Crippen LogP contribution in [0.2, 0.25) is 0 Å². The average Bonchev–Trinajstić information content (AvgIpc) is 3.15. The third kappa shape index (κ3) is 4.57. The van der Waals surface area contributed by atoms with Gasteiger partial charge >= 0.3 is 12.1 Å². The molecule has 0 aromatic heterocycles. The lowest BCUT2D eigenvalue weighted by Crippen LogP contribution is -2.44. The number of fused-ring (bicyclic) bond motifs is 3. The Morgan fingerprint density at radius 3 is 2.09 bits per heavy atom. The molecule has 7 nitrogen and oxygen atoms in total. The molecule has 0 fully saturated rings. The van der Waals surface area contributed by atoms with E-state index in [1.54, 1.807) is 19.1 Å². The van der Waals surface area contributed by atoms with E-state index in [1.165, 1.54) is 12.1 Å². The number of ether oxygens (including phenoxy) is 1. The van der Waals surface area contributed by atoms with E-state index in [1.807, 2.05) is 36.4 Å². The number of anilines is 1. The summed E-state index contributed by atoms with van der Waals surface area (Å²) < 4.78 is 5.51. The summed E-state index contributed by atoms with van der Waals surface area (Å²) >= 11 is 0. The van der Waals surface area contributed by atoms with Crippen molar-refractivity contribution in [2.24, 2.45) is 0 Å². The quantitative estimate of drug-likeness (QED) is 0.492. The first-order chi connectivity index (χ1) is 16.0. The summed E-state index contributed by atoms with van der Waals surface area (Å²) in [5.41, 5.74) is 4.60. The highest BCUT2D eigenvalue weighted by Gasteiger charge is 2.29. The normalized spacial score (nSPS) is 12.9. The Hall–Kier alpha value is -4.13. The predicted octanol–water partition coefficient (Wildman–Crippen LogP) is 4.64. The molecule has 168 valence electrons. The van der Waals surface area contributed by atoms with Gasteiger partial charge in [-0.05, 0) is 40.8 Å². The van der Waals surface area contributed by atoms with Crippen molar-refractivity contribution < 1.29 is 24.2 Å². The molecule has 4 rings (SSSR count). The molecule has 0 radical (unpaired) electrons. The van der Waals surface area contributed by atoms with Crippen LogP contribution in [0, 0.1) is 0 Å². The van der Waals surface area contributed by atoms with Gasteiger partial charge < -0.3 is 20.5 Å². The molecule has 3 N–H and O–H groups in total. The van der Waals surface area contributed by atoms with Crippen LogP contribution in [0.1, 0.15) is 40.7 Å². The van der Waals surface area contributed by atoms with Crippen molar-refractivity contribution in [2.75, 3.05) is 11.9 Å². The summed E-state index contributed by atoms with van der Waals surface area (Å²) in [4.78, 5) is 36.6. The minimum absolute atomic E-state index is 0.0261. The Kier molecular flexibility index (Phi) is 6.40. The van der Waals surface area contributed by atoms with Crippen molar-refractivity contribution in [2.45, 2.75) is 25.3 Å². The number of alkyl carbamates (subject to hydrolysis) is 1. The summed E-state index contributed by atoms with van der Waals surface area (Å²) in [6.07, 6.45) is -0.393. The minimum atomic E-state index is -1.15. The molecule has 1 aliphatic carbocycles. The topological polar surface area (TPSA) is 105 Å². The number of carbonyl (C=O) groups is 3. The Balaban J connectivity index is 1.40. The largest absolute Gasteiger partial charge is 0.478 e. The maximum atomic E-state index is 12.7. The van der Waals surface area contributed by atoms with E-state index in [4.69, 9.17) is 4.74 Å². The molecule has 0 saturated heterocycles. The molecule has 3 aromatic carbocycles. The molecule has 2 amide bonds. The molecule has 7 heteroatoms. The number of hydrogen-bond acceptors (Lipinski definition) is 4. The second-order valence-corrected chi connectivity index (χ2v) is 7.77. The first-order valence-electron chi connectivity index (χ1n) is 10.7. The maximum absolute atomic E-state index is 12.7. The fourth-order valence-electron chi connectivity index (χ4n) is 4.13. The molecule has 33 heavy (non-hydrogen) atoms. The van der Waals surface area contributed by atoms with E-state index < -0.39 is 24.0 Å². The summed E-state index contributed by atoms with van der Waals surface area (Å²) in [5.74, 6) is -1.75. The van der Waals surface area contributed by atoms with Crippen LogP contribution in [0.25, 0.3) is 11.1 Å². The van der Waals surface area contributed by atoms with E-state index in [9.17, 15) is 19.5 Å². The van der Waals surface area contributed by atoms with Crippen molar-refractivity contribution in [3.63, 3.8) is 0 Å². The smallest absolute Gasteiger partial charge is 0.407 e. The summed E-state index contributed by atoms with van der Waals surface area (Å²) in [5, 5.41) is 14.5. The van der Waals surface area contributed by atoms with E-state index in [0.29, 0.717) is 6.42 Å². The van der Waals surface area contributed by atoms with Gasteiger partial charge in [0.2, 0.25) is 5.91 Å². The van der Waals surface area contributed by atoms with Crippen molar-refractivity contribution >= 4 is 23.7 Å². The zero-order valence-electron chi connectivity index (χ0n) is 18.1. The van der Waals surface area contributed by atoms with Crippen LogP contribution in [0.3, 0.4) is 0 Å². The molecule has 0 bridgehead atoms. The lowest BCUT2D eigenvalue weighted by atomic mass is 9.98. The number of rotatable bonds is 7. The summed E-state index contributed by atoms with van der Waals surface area (Å²) in [6.45, 7) is 1.89. The monoisotopic (exact) mass is 444 g/mol. The highest BCUT2D eigenvalue weighted by Crippen LogP contribution is 2.44. The van der Waals surface area contributed by atoms with E-state index in [0.717, 1.165) is 22.3 Å². The summed E-state index contributed by atoms with van der Waals surface area (Å²) in [7, 11) is 0. The standard InChI is InChI=1S/C26H24N2O5/c1-2-22(24(29)27-23-14-8-7-13-20(23)25(30)31)28-26(32)33-15-21-18-11-5-3-9-16(18)17-10-4-6-12-19(17)21/h3-14,21-22H,2,15H2,1H3,(H,27,29)(H,28,32)(H,30,31)/t22-/m1/s1. The molecular weight excluding hydrogens is 420 g/mol. The van der Waals surface area contributed by atoms with E-state index in [2.05, 4.69) is 22.8 Å². The maximum Gasteiger partial charge on any atom is 0.407 e. The Morgan fingerprint density at radius 2 is 1.48 bits per heavy atom. The van der Waals surface area contributed by atoms with Crippen molar-refractivity contribution in [1.82, 2.24) is 5.32 Å². The minimum Gasteiger partial charge on any atom is -0.478 e. The van der Waals surface area contributed by atoms with Crippen LogP contribution in [-0.2, 0) is 9.53 Å². The van der Waals surface area contributed by atoms with Gasteiger partial charge in [0.15, 0.2) is 0 Å². The number of amides is 2. The average molecular weight is 444 g/mol. The van der Waals surface area contributed by atoms with Crippen molar-refractivity contribution in [3.05, 3.63) is 89.5 Å². The first kappa shape index (κ1) is 22.1. The van der Waals surface area contributed by atoms with Crippen LogP contribution < -0.4 is 10.6 Å². The molecule has 0 aliphatic heterocycles. The molecule has 1 atom stereocenters. The summed E-state index contributed by atoms with van der Waals surface area (Å²) in [6, 6.07) is 21.3. The van der Waals surface area contributed by atoms with Gasteiger partial charge in [-0.3, -0.25) is 4.79 Å². The second-order valence-electron chi connectivity index (χ2n) is 7.77. The van der Waals surface area contributed by atoms with Gasteiger partial charge in [0.1, 0.15) is 12.6 Å². The van der Waals surface area contributed by atoms with Gasteiger partial charge in [-0.25, -0.2) is 9.59 Å². The predicted molar refractivity (Wildman–Crippen MR) is 124 cm³/mol. The number of aromatic carboxylic acids is 1. The zero-order chi connectivity index (χ0) is 23.4. The fraction of sp³-hybridized carbons (Fsp3) is 0.192. The molecule has 0 heterocycles. The highest BCUT2D eigenvalue weighted by molar-refractivity contribution is 6.02. The van der Waals surface area contributed by atoms with E-state index >= 15 is 0 Å². The van der Waals surface area contributed by atoms with Crippen LogP contribution in [0.4, 0.5) is 10.5 Å². The first-order valence-corrected chi connectivity index (χ1v) is 10.7. The molecule has 0 unspecified atom stereocenters. The third-order valence-electron chi connectivity index (χ3n) is 5.78. The number of nitrogens with one attached hydrogen (secondary N) is 2.